The number of benzene rings is 1. The van der Waals surface area contributed by atoms with E-state index in [-0.39, 0.29) is 17.4 Å². The van der Waals surface area contributed by atoms with Gasteiger partial charge in [0, 0.05) is 31.2 Å². The van der Waals surface area contributed by atoms with Crippen LogP contribution in [-0.2, 0) is 6.18 Å². The van der Waals surface area contributed by atoms with Gasteiger partial charge in [-0.3, -0.25) is 14.9 Å². The number of urea groups is 1. The number of hydrogen-bond donors (Lipinski definition) is 3. The molecule has 34 heavy (non-hydrogen) atoms. The van der Waals surface area contributed by atoms with Crippen LogP contribution in [0.2, 0.25) is 0 Å². The maximum atomic E-state index is 12.7. The van der Waals surface area contributed by atoms with Gasteiger partial charge < -0.3 is 15.5 Å². The van der Waals surface area contributed by atoms with Gasteiger partial charge in [0.05, 0.1) is 29.3 Å². The molecule has 9 nitrogen and oxygen atoms in total. The van der Waals surface area contributed by atoms with Crippen LogP contribution >= 0.6 is 0 Å². The predicted octanol–water partition coefficient (Wildman–Crippen LogP) is 4.38. The molecular weight excluding hydrogens is 451 g/mol. The maximum absolute atomic E-state index is 12.7. The maximum Gasteiger partial charge on any atom is 0.433 e. The van der Waals surface area contributed by atoms with E-state index < -0.39 is 17.8 Å². The Hall–Kier alpha value is -4.48. The Morgan fingerprint density at radius 1 is 0.941 bits per heavy atom. The summed E-state index contributed by atoms with van der Waals surface area (Å²) in [6.45, 7) is 0. The summed E-state index contributed by atoms with van der Waals surface area (Å²) in [5.74, 6) is -0.616. The van der Waals surface area contributed by atoms with E-state index in [0.29, 0.717) is 27.7 Å². The third-order valence-electron chi connectivity index (χ3n) is 4.82. The monoisotopic (exact) mass is 469 g/mol. The first kappa shape index (κ1) is 22.7. The molecule has 4 aromatic rings. The van der Waals surface area contributed by atoms with Crippen molar-refractivity contribution >= 4 is 34.2 Å². The number of aromatic amines is 1. The number of halogens is 3. The molecule has 3 N–H and O–H groups in total. The smallest absolute Gasteiger partial charge is 0.331 e. The Kier molecular flexibility index (Phi) is 5.88. The van der Waals surface area contributed by atoms with E-state index in [1.54, 1.807) is 44.6 Å². The van der Waals surface area contributed by atoms with Gasteiger partial charge in [-0.25, -0.2) is 9.78 Å². The first-order valence-corrected chi connectivity index (χ1v) is 9.88. The SMILES string of the molecule is CN(C)C(=O)Nc1cncc(-c2ccc3[nH]nc(C(=O)Nc4ccc(C(F)(F)F)nc4)c3c2)c1. The zero-order valence-electron chi connectivity index (χ0n) is 17.9. The zero-order chi connectivity index (χ0) is 24.5. The van der Waals surface area contributed by atoms with Crippen LogP contribution in [-0.4, -0.2) is 51.1 Å². The van der Waals surface area contributed by atoms with Gasteiger partial charge in [-0.2, -0.15) is 18.3 Å². The molecule has 0 saturated carbocycles. The minimum atomic E-state index is -4.57. The summed E-state index contributed by atoms with van der Waals surface area (Å²) in [7, 11) is 3.24. The lowest BCUT2D eigenvalue weighted by Crippen LogP contribution is -2.27. The van der Waals surface area contributed by atoms with Gasteiger partial charge in [-0.15, -0.1) is 0 Å². The molecule has 3 aromatic heterocycles. The predicted molar refractivity (Wildman–Crippen MR) is 119 cm³/mol. The van der Waals surface area contributed by atoms with Crippen LogP contribution in [0.5, 0.6) is 0 Å². The van der Waals surface area contributed by atoms with Gasteiger partial charge >= 0.3 is 12.2 Å². The van der Waals surface area contributed by atoms with Crippen LogP contribution in [0, 0.1) is 0 Å². The summed E-state index contributed by atoms with van der Waals surface area (Å²) in [5, 5.41) is 12.5. The average Bonchev–Trinajstić information content (AvgIpc) is 3.22. The van der Waals surface area contributed by atoms with Gasteiger partial charge in [-0.1, -0.05) is 6.07 Å². The number of H-pyrrole nitrogens is 1. The molecule has 0 aliphatic rings. The van der Waals surface area contributed by atoms with Crippen LogP contribution in [0.3, 0.4) is 0 Å². The highest BCUT2D eigenvalue weighted by Crippen LogP contribution is 2.29. The van der Waals surface area contributed by atoms with Crippen molar-refractivity contribution in [2.24, 2.45) is 0 Å². The molecule has 12 heteroatoms. The van der Waals surface area contributed by atoms with Crippen LogP contribution in [0.1, 0.15) is 16.2 Å². The highest BCUT2D eigenvalue weighted by atomic mass is 19.4. The van der Waals surface area contributed by atoms with E-state index in [1.807, 2.05) is 0 Å². The fraction of sp³-hybridized carbons (Fsp3) is 0.136. The van der Waals surface area contributed by atoms with E-state index in [0.717, 1.165) is 18.3 Å². The first-order valence-electron chi connectivity index (χ1n) is 9.88. The number of rotatable bonds is 4. The van der Waals surface area contributed by atoms with Crippen molar-refractivity contribution in [1.29, 1.82) is 0 Å². The summed E-state index contributed by atoms with van der Waals surface area (Å²) in [4.78, 5) is 33.5. The fourth-order valence-electron chi connectivity index (χ4n) is 3.09. The van der Waals surface area contributed by atoms with Crippen molar-refractivity contribution in [3.63, 3.8) is 0 Å². The average molecular weight is 469 g/mol. The van der Waals surface area contributed by atoms with Crippen LogP contribution in [0.15, 0.2) is 55.0 Å². The summed E-state index contributed by atoms with van der Waals surface area (Å²) < 4.78 is 38.1. The lowest BCUT2D eigenvalue weighted by molar-refractivity contribution is -0.141. The molecule has 0 atom stereocenters. The fourth-order valence-corrected chi connectivity index (χ4v) is 3.09. The Morgan fingerprint density at radius 3 is 2.41 bits per heavy atom. The molecule has 0 aliphatic heterocycles. The van der Waals surface area contributed by atoms with E-state index in [9.17, 15) is 22.8 Å². The number of hydrogen-bond acceptors (Lipinski definition) is 5. The largest absolute Gasteiger partial charge is 0.433 e. The van der Waals surface area contributed by atoms with Gasteiger partial charge in [0.15, 0.2) is 5.69 Å². The third-order valence-corrected chi connectivity index (χ3v) is 4.82. The third kappa shape index (κ3) is 4.80. The first-order chi connectivity index (χ1) is 16.1. The highest BCUT2D eigenvalue weighted by molar-refractivity contribution is 6.11. The Balaban J connectivity index is 1.59. The van der Waals surface area contributed by atoms with E-state index in [1.165, 1.54) is 11.1 Å². The number of anilines is 2. The van der Waals surface area contributed by atoms with Gasteiger partial charge in [0.1, 0.15) is 5.69 Å². The number of amides is 3. The highest BCUT2D eigenvalue weighted by Gasteiger charge is 2.32. The van der Waals surface area contributed by atoms with Crippen molar-refractivity contribution < 1.29 is 22.8 Å². The quantitative estimate of drug-likeness (QED) is 0.410. The minimum absolute atomic E-state index is 0.0572. The van der Waals surface area contributed by atoms with E-state index in [2.05, 4.69) is 30.8 Å². The molecule has 3 amide bonds. The van der Waals surface area contributed by atoms with E-state index in [4.69, 9.17) is 0 Å². The second-order valence-electron chi connectivity index (χ2n) is 7.50. The molecule has 4 rings (SSSR count). The Morgan fingerprint density at radius 2 is 1.74 bits per heavy atom. The second kappa shape index (κ2) is 8.81. The molecule has 1 aromatic carbocycles. The van der Waals surface area contributed by atoms with Crippen LogP contribution in [0.4, 0.5) is 29.3 Å². The molecule has 0 spiro atoms. The van der Waals surface area contributed by atoms with Crippen LogP contribution < -0.4 is 10.6 Å². The van der Waals surface area contributed by atoms with Crippen molar-refractivity contribution in [3.05, 3.63) is 66.4 Å². The van der Waals surface area contributed by atoms with Crippen LogP contribution in [0.25, 0.3) is 22.0 Å². The molecule has 3 heterocycles. The summed E-state index contributed by atoms with van der Waals surface area (Å²) in [6, 6.07) is 8.60. The number of fused-ring (bicyclic) bond motifs is 1. The molecule has 0 fully saturated rings. The van der Waals surface area contributed by atoms with Gasteiger partial charge in [0.25, 0.3) is 5.91 Å². The number of nitrogens with zero attached hydrogens (tertiary/aromatic N) is 4. The number of carbonyl (C=O) groups is 2. The summed E-state index contributed by atoms with van der Waals surface area (Å²) >= 11 is 0. The van der Waals surface area contributed by atoms with E-state index >= 15 is 0 Å². The molecule has 0 bridgehead atoms. The van der Waals surface area contributed by atoms with Crippen molar-refractivity contribution in [2.75, 3.05) is 24.7 Å². The lowest BCUT2D eigenvalue weighted by Gasteiger charge is -2.12. The summed E-state index contributed by atoms with van der Waals surface area (Å²) in [5.41, 5.74) is 1.59. The van der Waals surface area contributed by atoms with Crippen molar-refractivity contribution in [1.82, 2.24) is 25.1 Å². The number of alkyl halides is 3. The number of aromatic nitrogens is 4. The Bertz CT molecular complexity index is 1370. The van der Waals surface area contributed by atoms with Gasteiger partial charge in [0.2, 0.25) is 0 Å². The molecule has 0 aliphatic carbocycles. The second-order valence-corrected chi connectivity index (χ2v) is 7.50. The van der Waals surface area contributed by atoms with Crippen molar-refractivity contribution in [2.45, 2.75) is 6.18 Å². The lowest BCUT2D eigenvalue weighted by atomic mass is 10.0. The molecular formula is C22H18F3N7O2. The van der Waals surface area contributed by atoms with Gasteiger partial charge in [-0.05, 0) is 35.9 Å². The molecule has 174 valence electrons. The van der Waals surface area contributed by atoms with Crippen molar-refractivity contribution in [3.8, 4) is 11.1 Å². The zero-order valence-corrected chi connectivity index (χ0v) is 17.9. The standard InChI is InChI=1S/C22H18F3N7O2/c1-32(2)21(34)29-15-7-13(9-26-10-15)12-3-5-17-16(8-12)19(31-30-17)20(33)28-14-4-6-18(27-11-14)22(23,24)25/h3-11H,1-2H3,(H,28,33)(H,29,34)(H,30,31). The Labute approximate surface area is 191 Å². The number of nitrogens with one attached hydrogen (secondary N) is 3. The molecule has 0 saturated heterocycles. The summed E-state index contributed by atoms with van der Waals surface area (Å²) in [6.07, 6.45) is -0.516. The molecule has 0 unspecified atom stereocenters. The normalized spacial score (nSPS) is 11.3. The number of pyridine rings is 2. The minimum Gasteiger partial charge on any atom is -0.331 e. The molecule has 0 radical (unpaired) electrons. The number of carbonyl (C=O) groups excluding carboxylic acids is 2. The topological polar surface area (TPSA) is 116 Å².